The lowest BCUT2D eigenvalue weighted by Gasteiger charge is -2.59. The van der Waals surface area contributed by atoms with Gasteiger partial charge in [0.05, 0.1) is 0 Å². The Kier molecular flexibility index (Phi) is 4.32. The summed E-state index contributed by atoms with van der Waals surface area (Å²) in [4.78, 5) is 26.4. The average Bonchev–Trinajstić information content (AvgIpc) is 2.59. The fourth-order valence-corrected chi connectivity index (χ4v) is 5.92. The highest BCUT2D eigenvalue weighted by molar-refractivity contribution is 5.78. The van der Waals surface area contributed by atoms with Crippen LogP contribution in [0.4, 0.5) is 5.82 Å². The molecule has 4 saturated carbocycles. The molecule has 1 aromatic heterocycles. The highest BCUT2D eigenvalue weighted by Gasteiger charge is 2.53. The highest BCUT2D eigenvalue weighted by Crippen LogP contribution is 2.61. The molecule has 0 radical (unpaired) electrons. The summed E-state index contributed by atoms with van der Waals surface area (Å²) in [7, 11) is 0. The number of nitrogens with one attached hydrogen (secondary N) is 1. The van der Waals surface area contributed by atoms with Gasteiger partial charge in [0, 0.05) is 6.04 Å². The maximum Gasteiger partial charge on any atom is 0.406 e. The normalized spacial score (nSPS) is 32.9. The molecule has 26 heavy (non-hydrogen) atoms. The predicted molar refractivity (Wildman–Crippen MR) is 94.6 cm³/mol. The SMILES string of the molecule is C[C@@H](NC(=O)COc1cccnc1[N+](=O)[O-])C12CC3CC(CC(C3)C1)C2. The molecule has 1 amide bonds. The zero-order chi connectivity index (χ0) is 18.3. The minimum absolute atomic E-state index is 0.0232. The van der Waals surface area contributed by atoms with Gasteiger partial charge in [-0.3, -0.25) is 4.79 Å². The Morgan fingerprint density at radius 3 is 2.54 bits per heavy atom. The molecule has 0 aromatic carbocycles. The van der Waals surface area contributed by atoms with Crippen molar-refractivity contribution in [1.29, 1.82) is 0 Å². The molecule has 7 nitrogen and oxygen atoms in total. The van der Waals surface area contributed by atoms with Gasteiger partial charge in [0.15, 0.2) is 6.61 Å². The molecule has 1 atom stereocenters. The van der Waals surface area contributed by atoms with Crippen molar-refractivity contribution in [2.45, 2.75) is 51.5 Å². The third-order valence-electron chi connectivity index (χ3n) is 6.66. The first-order chi connectivity index (χ1) is 12.4. The monoisotopic (exact) mass is 359 g/mol. The van der Waals surface area contributed by atoms with Crippen LogP contribution in [-0.2, 0) is 4.79 Å². The summed E-state index contributed by atoms with van der Waals surface area (Å²) >= 11 is 0. The first-order valence-corrected chi connectivity index (χ1v) is 9.47. The number of pyridine rings is 1. The molecule has 140 valence electrons. The lowest BCUT2D eigenvalue weighted by Crippen LogP contribution is -2.56. The standard InChI is InChI=1S/C19H25N3O4/c1-12(19-8-13-5-14(9-19)7-15(6-13)10-19)21-17(23)11-26-16-3-2-4-20-18(16)22(24)25/h2-4,12-15H,5-11H2,1H3,(H,21,23)/t12-,13?,14?,15?,19?/m1/s1. The maximum atomic E-state index is 12.4. The summed E-state index contributed by atoms with van der Waals surface area (Å²) < 4.78 is 5.36. The van der Waals surface area contributed by atoms with E-state index < -0.39 is 4.92 Å². The number of ether oxygens (including phenoxy) is 1. The van der Waals surface area contributed by atoms with Gasteiger partial charge in [-0.15, -0.1) is 0 Å². The second-order valence-corrected chi connectivity index (χ2v) is 8.44. The summed E-state index contributed by atoms with van der Waals surface area (Å²) in [5.41, 5.74) is 0.227. The van der Waals surface area contributed by atoms with Crippen LogP contribution in [0.1, 0.15) is 45.4 Å². The molecule has 4 fully saturated rings. The van der Waals surface area contributed by atoms with Crippen molar-refractivity contribution in [2.24, 2.45) is 23.2 Å². The van der Waals surface area contributed by atoms with Crippen molar-refractivity contribution in [3.05, 3.63) is 28.4 Å². The van der Waals surface area contributed by atoms with Gasteiger partial charge in [-0.1, -0.05) is 0 Å². The van der Waals surface area contributed by atoms with E-state index in [1.165, 1.54) is 50.8 Å². The molecule has 4 aliphatic rings. The van der Waals surface area contributed by atoms with Crippen LogP contribution in [-0.4, -0.2) is 28.5 Å². The minimum Gasteiger partial charge on any atom is -0.476 e. The molecule has 0 unspecified atom stereocenters. The van der Waals surface area contributed by atoms with E-state index in [0.717, 1.165) is 17.8 Å². The molecule has 5 rings (SSSR count). The van der Waals surface area contributed by atoms with E-state index in [4.69, 9.17) is 4.74 Å². The number of hydrogen-bond donors (Lipinski definition) is 1. The Bertz CT molecular complexity index is 685. The van der Waals surface area contributed by atoms with Crippen LogP contribution >= 0.6 is 0 Å². The number of carbonyl (C=O) groups excluding carboxylic acids is 1. The van der Waals surface area contributed by atoms with Gasteiger partial charge in [-0.25, -0.2) is 0 Å². The summed E-state index contributed by atoms with van der Waals surface area (Å²) in [5.74, 6) is 1.91. The van der Waals surface area contributed by atoms with Crippen molar-refractivity contribution in [1.82, 2.24) is 10.3 Å². The van der Waals surface area contributed by atoms with Crippen molar-refractivity contribution in [3.63, 3.8) is 0 Å². The van der Waals surface area contributed by atoms with Crippen LogP contribution in [0.5, 0.6) is 5.75 Å². The van der Waals surface area contributed by atoms with Gasteiger partial charge in [0.25, 0.3) is 5.91 Å². The number of aromatic nitrogens is 1. The van der Waals surface area contributed by atoms with Crippen molar-refractivity contribution in [2.75, 3.05) is 6.61 Å². The summed E-state index contributed by atoms with van der Waals surface area (Å²) in [6.07, 6.45) is 9.09. The molecular weight excluding hydrogens is 334 g/mol. The third-order valence-corrected chi connectivity index (χ3v) is 6.66. The lowest BCUT2D eigenvalue weighted by atomic mass is 9.48. The smallest absolute Gasteiger partial charge is 0.406 e. The van der Waals surface area contributed by atoms with Gasteiger partial charge in [0.1, 0.15) is 6.20 Å². The summed E-state index contributed by atoms with van der Waals surface area (Å²) in [6, 6.07) is 3.12. The van der Waals surface area contributed by atoms with Crippen LogP contribution < -0.4 is 10.1 Å². The van der Waals surface area contributed by atoms with Crippen LogP contribution in [0.3, 0.4) is 0 Å². The van der Waals surface area contributed by atoms with Crippen molar-refractivity contribution >= 4 is 11.7 Å². The van der Waals surface area contributed by atoms with E-state index in [9.17, 15) is 14.9 Å². The van der Waals surface area contributed by atoms with Crippen LogP contribution in [0, 0.1) is 33.3 Å². The number of rotatable bonds is 6. The first-order valence-electron chi connectivity index (χ1n) is 9.47. The topological polar surface area (TPSA) is 94.4 Å². The lowest BCUT2D eigenvalue weighted by molar-refractivity contribution is -0.390. The Morgan fingerprint density at radius 1 is 1.35 bits per heavy atom. The number of amides is 1. The Balaban J connectivity index is 1.36. The Labute approximate surface area is 152 Å². The molecule has 0 spiro atoms. The fourth-order valence-electron chi connectivity index (χ4n) is 5.92. The van der Waals surface area contributed by atoms with Crippen LogP contribution in [0.2, 0.25) is 0 Å². The van der Waals surface area contributed by atoms with Gasteiger partial charge in [0.2, 0.25) is 5.75 Å². The number of hydrogen-bond acceptors (Lipinski definition) is 5. The molecule has 0 aliphatic heterocycles. The molecule has 0 saturated heterocycles. The number of nitrogens with zero attached hydrogens (tertiary/aromatic N) is 2. The van der Waals surface area contributed by atoms with Gasteiger partial charge < -0.3 is 20.2 Å². The van der Waals surface area contributed by atoms with E-state index in [2.05, 4.69) is 17.2 Å². The Morgan fingerprint density at radius 2 is 1.96 bits per heavy atom. The highest BCUT2D eigenvalue weighted by atomic mass is 16.6. The number of nitro groups is 1. The first kappa shape index (κ1) is 17.2. The van der Waals surface area contributed by atoms with Gasteiger partial charge in [-0.05, 0) is 90.7 Å². The van der Waals surface area contributed by atoms with Crippen LogP contribution in [0.15, 0.2) is 18.3 Å². The summed E-state index contributed by atoms with van der Waals surface area (Å²) in [5, 5.41) is 14.1. The van der Waals surface area contributed by atoms with E-state index >= 15 is 0 Å². The molecular formula is C19H25N3O4. The zero-order valence-corrected chi connectivity index (χ0v) is 15.0. The van der Waals surface area contributed by atoms with Gasteiger partial charge in [-0.2, -0.15) is 0 Å². The molecule has 4 bridgehead atoms. The molecule has 1 N–H and O–H groups in total. The average molecular weight is 359 g/mol. The second kappa shape index (κ2) is 6.52. The fraction of sp³-hybridized carbons (Fsp3) is 0.684. The quantitative estimate of drug-likeness (QED) is 0.622. The molecule has 4 aliphatic carbocycles. The van der Waals surface area contributed by atoms with Crippen LogP contribution in [0.25, 0.3) is 0 Å². The van der Waals surface area contributed by atoms with Crippen molar-refractivity contribution < 1.29 is 14.5 Å². The molecule has 1 aromatic rings. The zero-order valence-electron chi connectivity index (χ0n) is 15.0. The van der Waals surface area contributed by atoms with E-state index in [1.807, 2.05) is 0 Å². The van der Waals surface area contributed by atoms with E-state index in [0.29, 0.717) is 0 Å². The third kappa shape index (κ3) is 3.15. The molecule has 1 heterocycles. The predicted octanol–water partition coefficient (Wildman–Crippen LogP) is 3.09. The second-order valence-electron chi connectivity index (χ2n) is 8.44. The maximum absolute atomic E-state index is 12.4. The van der Waals surface area contributed by atoms with Gasteiger partial charge >= 0.3 is 5.82 Å². The van der Waals surface area contributed by atoms with Crippen molar-refractivity contribution in [3.8, 4) is 5.75 Å². The number of carbonyl (C=O) groups is 1. The Hall–Kier alpha value is -2.18. The van der Waals surface area contributed by atoms with E-state index in [1.54, 1.807) is 6.07 Å². The van der Waals surface area contributed by atoms with E-state index in [-0.39, 0.29) is 35.5 Å². The molecule has 7 heteroatoms. The minimum atomic E-state index is -0.606. The summed E-state index contributed by atoms with van der Waals surface area (Å²) in [6.45, 7) is 1.88. The largest absolute Gasteiger partial charge is 0.476 e.